The number of methoxy groups -OCH3 is 2. The fourth-order valence-corrected chi connectivity index (χ4v) is 2.42. The summed E-state index contributed by atoms with van der Waals surface area (Å²) in [6.45, 7) is 3.71. The Morgan fingerprint density at radius 1 is 1.29 bits per heavy atom. The molecule has 0 radical (unpaired) electrons. The van der Waals surface area contributed by atoms with Gasteiger partial charge in [0.2, 0.25) is 0 Å². The summed E-state index contributed by atoms with van der Waals surface area (Å²) in [6, 6.07) is 5.38. The highest BCUT2D eigenvalue weighted by atomic mass is 79.9. The van der Waals surface area contributed by atoms with Crippen molar-refractivity contribution in [3.8, 4) is 5.75 Å². The van der Waals surface area contributed by atoms with Crippen molar-refractivity contribution >= 4 is 27.9 Å². The van der Waals surface area contributed by atoms with Gasteiger partial charge in [-0.15, -0.1) is 0 Å². The molecule has 0 heterocycles. The molecule has 1 aromatic carbocycles. The number of halogens is 1. The Hall–Kier alpha value is -1.60. The van der Waals surface area contributed by atoms with Gasteiger partial charge in [0.05, 0.1) is 18.7 Å². The van der Waals surface area contributed by atoms with E-state index in [9.17, 15) is 9.59 Å². The van der Waals surface area contributed by atoms with Crippen molar-refractivity contribution in [2.75, 3.05) is 14.2 Å². The highest BCUT2D eigenvalue weighted by Gasteiger charge is 2.22. The highest BCUT2D eigenvalue weighted by Crippen LogP contribution is 2.27. The molecule has 0 aliphatic rings. The average molecular weight is 360 g/mol. The molecule has 116 valence electrons. The number of rotatable bonds is 5. The molecule has 3 N–H and O–H groups in total. The maximum Gasteiger partial charge on any atom is 0.413 e. The first-order chi connectivity index (χ1) is 9.88. The molecule has 7 heteroatoms. The number of imide groups is 1. The van der Waals surface area contributed by atoms with Crippen molar-refractivity contribution in [1.29, 1.82) is 0 Å². The lowest BCUT2D eigenvalue weighted by atomic mass is 10.1. The lowest BCUT2D eigenvalue weighted by molar-refractivity contribution is -0.710. The number of alkyl carbamates (subject to hydrolysis) is 1. The second-order valence-corrected chi connectivity index (χ2v) is 5.50. The van der Waals surface area contributed by atoms with Crippen LogP contribution in [0, 0.1) is 0 Å². The predicted octanol–water partition coefficient (Wildman–Crippen LogP) is 1.35. The SMILES string of the molecule is COC(=O)NC(=O)[C@@H](C)[NH2+][C@@H](C)c1ccc(OC)c(Br)c1. The number of benzene rings is 1. The van der Waals surface area contributed by atoms with Crippen LogP contribution in [-0.2, 0) is 9.53 Å². The maximum atomic E-state index is 11.8. The summed E-state index contributed by atoms with van der Waals surface area (Å²) in [5.74, 6) is 0.365. The van der Waals surface area contributed by atoms with E-state index in [1.807, 2.05) is 30.4 Å². The number of carbonyl (C=O) groups excluding carboxylic acids is 2. The Kier molecular flexibility index (Phi) is 6.64. The van der Waals surface area contributed by atoms with Gasteiger partial charge < -0.3 is 14.8 Å². The Morgan fingerprint density at radius 2 is 1.95 bits per heavy atom. The first-order valence-electron chi connectivity index (χ1n) is 6.46. The lowest BCUT2D eigenvalue weighted by Gasteiger charge is -2.17. The van der Waals surface area contributed by atoms with Crippen molar-refractivity contribution in [2.45, 2.75) is 25.9 Å². The minimum absolute atomic E-state index is 0.0469. The van der Waals surface area contributed by atoms with Crippen LogP contribution in [0.1, 0.15) is 25.5 Å². The Labute approximate surface area is 132 Å². The van der Waals surface area contributed by atoms with Gasteiger partial charge in [0.15, 0.2) is 6.04 Å². The van der Waals surface area contributed by atoms with Crippen molar-refractivity contribution in [2.24, 2.45) is 0 Å². The molecule has 0 aliphatic carbocycles. The van der Waals surface area contributed by atoms with E-state index in [0.29, 0.717) is 0 Å². The van der Waals surface area contributed by atoms with Gasteiger partial charge in [-0.2, -0.15) is 0 Å². The van der Waals surface area contributed by atoms with Crippen LogP contribution in [0.4, 0.5) is 4.79 Å². The summed E-state index contributed by atoms with van der Waals surface area (Å²) in [5.41, 5.74) is 1.04. The van der Waals surface area contributed by atoms with Crippen molar-refractivity contribution in [3.05, 3.63) is 28.2 Å². The Morgan fingerprint density at radius 3 is 2.48 bits per heavy atom. The van der Waals surface area contributed by atoms with Gasteiger partial charge in [-0.1, -0.05) is 0 Å². The zero-order chi connectivity index (χ0) is 16.0. The van der Waals surface area contributed by atoms with Crippen LogP contribution in [0.5, 0.6) is 5.75 Å². The van der Waals surface area contributed by atoms with Crippen LogP contribution in [0.25, 0.3) is 0 Å². The van der Waals surface area contributed by atoms with Crippen LogP contribution in [0.15, 0.2) is 22.7 Å². The second kappa shape index (κ2) is 7.99. The molecule has 2 amide bonds. The number of nitrogens with two attached hydrogens (primary N) is 1. The molecule has 0 bridgehead atoms. The third kappa shape index (κ3) is 5.02. The first-order valence-corrected chi connectivity index (χ1v) is 7.25. The van der Waals surface area contributed by atoms with Gasteiger partial charge in [0, 0.05) is 5.56 Å². The van der Waals surface area contributed by atoms with E-state index in [4.69, 9.17) is 4.74 Å². The second-order valence-electron chi connectivity index (χ2n) is 4.64. The zero-order valence-corrected chi connectivity index (χ0v) is 14.1. The molecule has 0 fully saturated rings. The van der Waals surface area contributed by atoms with Crippen molar-refractivity contribution in [3.63, 3.8) is 0 Å². The number of ether oxygens (including phenoxy) is 2. The molecule has 0 aromatic heterocycles. The van der Waals surface area contributed by atoms with E-state index in [-0.39, 0.29) is 11.9 Å². The summed E-state index contributed by atoms with van der Waals surface area (Å²) < 4.78 is 10.4. The zero-order valence-electron chi connectivity index (χ0n) is 12.5. The number of nitrogens with one attached hydrogen (secondary N) is 1. The predicted molar refractivity (Wildman–Crippen MR) is 81.0 cm³/mol. The minimum atomic E-state index is -0.750. The normalized spacial score (nSPS) is 13.2. The van der Waals surface area contributed by atoms with Crippen molar-refractivity contribution < 1.29 is 24.4 Å². The molecule has 6 nitrogen and oxygen atoms in total. The molecule has 0 unspecified atom stereocenters. The van der Waals surface area contributed by atoms with Gasteiger partial charge >= 0.3 is 6.09 Å². The van der Waals surface area contributed by atoms with E-state index in [2.05, 4.69) is 26.0 Å². The van der Waals surface area contributed by atoms with Gasteiger partial charge in [0.1, 0.15) is 11.8 Å². The summed E-state index contributed by atoms with van der Waals surface area (Å²) in [4.78, 5) is 22.8. The topological polar surface area (TPSA) is 81.2 Å². The smallest absolute Gasteiger partial charge is 0.413 e. The number of carbonyl (C=O) groups is 2. The fourth-order valence-electron chi connectivity index (χ4n) is 1.86. The largest absolute Gasteiger partial charge is 0.496 e. The average Bonchev–Trinajstić information content (AvgIpc) is 2.46. The highest BCUT2D eigenvalue weighted by molar-refractivity contribution is 9.10. The molecule has 21 heavy (non-hydrogen) atoms. The first kappa shape index (κ1) is 17.5. The number of quaternary nitrogens is 1. The quantitative estimate of drug-likeness (QED) is 0.831. The van der Waals surface area contributed by atoms with Crippen LogP contribution < -0.4 is 15.4 Å². The van der Waals surface area contributed by atoms with Crippen molar-refractivity contribution in [1.82, 2.24) is 5.32 Å². The molecule has 0 saturated carbocycles. The number of hydrogen-bond acceptors (Lipinski definition) is 4. The number of amides is 2. The van der Waals surface area contributed by atoms with E-state index in [1.165, 1.54) is 7.11 Å². The molecule has 0 saturated heterocycles. The van der Waals surface area contributed by atoms with Gasteiger partial charge in [0.25, 0.3) is 5.91 Å². The van der Waals surface area contributed by atoms with Gasteiger partial charge in [-0.3, -0.25) is 10.1 Å². The third-order valence-corrected chi connectivity index (χ3v) is 3.72. The van der Waals surface area contributed by atoms with Crippen LogP contribution in [-0.4, -0.2) is 32.3 Å². The standard InChI is InChI=1S/C14H19BrN2O4/c1-8(10-5-6-12(20-3)11(15)7-10)16-9(2)13(18)17-14(19)21-4/h5-9,16H,1-4H3,(H,17,18,19)/p+1/t8-,9+/m0/s1. The summed E-state index contributed by atoms with van der Waals surface area (Å²) >= 11 is 3.43. The lowest BCUT2D eigenvalue weighted by Crippen LogP contribution is -2.92. The third-order valence-electron chi connectivity index (χ3n) is 3.10. The molecule has 0 aliphatic heterocycles. The maximum absolute atomic E-state index is 11.8. The monoisotopic (exact) mass is 359 g/mol. The van der Waals surface area contributed by atoms with Crippen LogP contribution in [0.2, 0.25) is 0 Å². The van der Waals surface area contributed by atoms with Gasteiger partial charge in [-0.25, -0.2) is 4.79 Å². The summed E-state index contributed by atoms with van der Waals surface area (Å²) in [6.07, 6.45) is -0.750. The molecular weight excluding hydrogens is 340 g/mol. The molecule has 1 aromatic rings. The molecule has 0 spiro atoms. The fraction of sp³-hybridized carbons (Fsp3) is 0.429. The van der Waals surface area contributed by atoms with Gasteiger partial charge in [-0.05, 0) is 48.0 Å². The molecular formula is C14H20BrN2O4+. The van der Waals surface area contributed by atoms with E-state index in [1.54, 1.807) is 14.0 Å². The number of hydrogen-bond donors (Lipinski definition) is 2. The summed E-state index contributed by atoms with van der Waals surface area (Å²) in [5, 5.41) is 4.02. The Bertz CT molecular complexity index is 522. The molecule has 1 rings (SSSR count). The summed E-state index contributed by atoms with van der Waals surface area (Å²) in [7, 11) is 2.82. The van der Waals surface area contributed by atoms with E-state index in [0.717, 1.165) is 15.8 Å². The van der Waals surface area contributed by atoms with E-state index >= 15 is 0 Å². The van der Waals surface area contributed by atoms with Crippen LogP contribution in [0.3, 0.4) is 0 Å². The van der Waals surface area contributed by atoms with E-state index < -0.39 is 12.1 Å². The minimum Gasteiger partial charge on any atom is -0.496 e. The van der Waals surface area contributed by atoms with Crippen LogP contribution >= 0.6 is 15.9 Å². The molecule has 2 atom stereocenters. The Balaban J connectivity index is 2.67.